The monoisotopic (exact) mass is 314 g/mol. The van der Waals surface area contributed by atoms with Crippen molar-refractivity contribution in [1.29, 1.82) is 0 Å². The number of aldehydes is 1. The number of benzene rings is 1. The molecule has 0 amide bonds. The zero-order chi connectivity index (χ0) is 16.8. The van der Waals surface area contributed by atoms with E-state index in [1.54, 1.807) is 31.2 Å². The van der Waals surface area contributed by atoms with Gasteiger partial charge in [0.15, 0.2) is 6.29 Å². The van der Waals surface area contributed by atoms with Gasteiger partial charge in [-0.2, -0.15) is 0 Å². The molecule has 0 saturated heterocycles. The molecule has 120 valence electrons. The van der Waals surface area contributed by atoms with Crippen LogP contribution in [0.1, 0.15) is 41.4 Å². The molecule has 1 aromatic carbocycles. The molecule has 2 atom stereocenters. The summed E-state index contributed by atoms with van der Waals surface area (Å²) in [5.41, 5.74) is 1.02. The van der Waals surface area contributed by atoms with Gasteiger partial charge in [-0.05, 0) is 25.5 Å². The maximum atomic E-state index is 12.3. The Morgan fingerprint density at radius 1 is 1.22 bits per heavy atom. The third kappa shape index (κ3) is 3.56. The number of ether oxygens (including phenoxy) is 1. The van der Waals surface area contributed by atoms with Crippen molar-refractivity contribution >= 4 is 18.0 Å². The zero-order valence-corrected chi connectivity index (χ0v) is 13.0. The Morgan fingerprint density at radius 3 is 2.48 bits per heavy atom. The highest BCUT2D eigenvalue weighted by Crippen LogP contribution is 2.35. The maximum Gasteiger partial charge on any atom is 0.317 e. The van der Waals surface area contributed by atoms with Crippen LogP contribution in [0.3, 0.4) is 0 Å². The number of Topliss-reactive ketones (excluding diaryl/α,β-unsaturated/α-hetero) is 1. The number of carbonyl (C=O) groups excluding carboxylic acids is 3. The third-order valence-electron chi connectivity index (χ3n) is 3.61. The first kappa shape index (κ1) is 16.7. The summed E-state index contributed by atoms with van der Waals surface area (Å²) < 4.78 is 10.5. The minimum absolute atomic E-state index is 0.169. The fraction of sp³-hybridized carbons (Fsp3) is 0.278. The predicted octanol–water partition coefficient (Wildman–Crippen LogP) is 2.99. The highest BCUT2D eigenvalue weighted by atomic mass is 16.5. The van der Waals surface area contributed by atoms with Gasteiger partial charge in [0.1, 0.15) is 17.5 Å². The first-order chi connectivity index (χ1) is 11.1. The second-order valence-electron chi connectivity index (χ2n) is 5.09. The second kappa shape index (κ2) is 7.54. The number of hydrogen-bond acceptors (Lipinski definition) is 5. The topological polar surface area (TPSA) is 73.6 Å². The van der Waals surface area contributed by atoms with Crippen molar-refractivity contribution in [3.8, 4) is 0 Å². The number of furan rings is 1. The molecule has 0 fully saturated rings. The van der Waals surface area contributed by atoms with E-state index in [1.807, 2.05) is 6.07 Å². The van der Waals surface area contributed by atoms with E-state index >= 15 is 0 Å². The molecule has 0 bridgehead atoms. The minimum atomic E-state index is -1.07. The van der Waals surface area contributed by atoms with Crippen LogP contribution in [0.4, 0.5) is 0 Å². The van der Waals surface area contributed by atoms with Crippen LogP contribution in [0, 0.1) is 5.92 Å². The molecule has 0 spiro atoms. The van der Waals surface area contributed by atoms with Crippen LogP contribution in [0.5, 0.6) is 0 Å². The van der Waals surface area contributed by atoms with E-state index in [4.69, 9.17) is 9.15 Å². The lowest BCUT2D eigenvalue weighted by Crippen LogP contribution is -2.31. The number of esters is 1. The number of ketones is 1. The van der Waals surface area contributed by atoms with Gasteiger partial charge in [0.2, 0.25) is 0 Å². The number of carbonyl (C=O) groups is 3. The van der Waals surface area contributed by atoms with Crippen LogP contribution in [0.15, 0.2) is 47.1 Å². The van der Waals surface area contributed by atoms with E-state index in [9.17, 15) is 14.4 Å². The predicted molar refractivity (Wildman–Crippen MR) is 83.2 cm³/mol. The first-order valence-corrected chi connectivity index (χ1v) is 7.34. The molecule has 0 aliphatic carbocycles. The van der Waals surface area contributed by atoms with Crippen molar-refractivity contribution in [2.75, 3.05) is 6.61 Å². The van der Waals surface area contributed by atoms with E-state index in [0.717, 1.165) is 0 Å². The summed E-state index contributed by atoms with van der Waals surface area (Å²) in [5, 5.41) is 0. The van der Waals surface area contributed by atoms with Gasteiger partial charge < -0.3 is 9.15 Å². The van der Waals surface area contributed by atoms with Gasteiger partial charge in [0.25, 0.3) is 0 Å². The maximum absolute atomic E-state index is 12.3. The summed E-state index contributed by atoms with van der Waals surface area (Å²) in [6, 6.07) is 10.5. The van der Waals surface area contributed by atoms with Crippen molar-refractivity contribution < 1.29 is 23.5 Å². The average Bonchev–Trinajstić information content (AvgIpc) is 3.01. The van der Waals surface area contributed by atoms with Crippen molar-refractivity contribution in [3.05, 3.63) is 59.5 Å². The molecular formula is C18H18O5. The summed E-state index contributed by atoms with van der Waals surface area (Å²) in [7, 11) is 0. The van der Waals surface area contributed by atoms with Crippen molar-refractivity contribution in [2.24, 2.45) is 5.92 Å². The molecule has 1 aromatic heterocycles. The van der Waals surface area contributed by atoms with Gasteiger partial charge in [-0.15, -0.1) is 0 Å². The molecule has 5 heteroatoms. The van der Waals surface area contributed by atoms with E-state index in [1.165, 1.54) is 19.3 Å². The summed E-state index contributed by atoms with van der Waals surface area (Å²) >= 11 is 0. The quantitative estimate of drug-likeness (QED) is 0.446. The molecular weight excluding hydrogens is 296 g/mol. The molecule has 0 aliphatic rings. The zero-order valence-electron chi connectivity index (χ0n) is 13.0. The first-order valence-electron chi connectivity index (χ1n) is 7.34. The van der Waals surface area contributed by atoms with Gasteiger partial charge in [-0.25, -0.2) is 0 Å². The SMILES string of the molecule is CCOC(=O)C(C(C)=O)C(c1ccccc1)c1occc1C=O. The average molecular weight is 314 g/mol. The lowest BCUT2D eigenvalue weighted by molar-refractivity contribution is -0.151. The van der Waals surface area contributed by atoms with E-state index < -0.39 is 17.8 Å². The molecule has 1 heterocycles. The van der Waals surface area contributed by atoms with E-state index in [-0.39, 0.29) is 12.4 Å². The molecule has 0 aliphatic heterocycles. The van der Waals surface area contributed by atoms with Crippen LogP contribution in [-0.2, 0) is 14.3 Å². The van der Waals surface area contributed by atoms with Gasteiger partial charge in [0, 0.05) is 0 Å². The molecule has 0 radical (unpaired) electrons. The Morgan fingerprint density at radius 2 is 1.91 bits per heavy atom. The number of rotatable bonds is 7. The standard InChI is InChI=1S/C18H18O5/c1-3-22-18(21)15(12(2)20)16(13-7-5-4-6-8-13)17-14(11-19)9-10-23-17/h4-11,15-16H,3H2,1-2H3. The van der Waals surface area contributed by atoms with Crippen molar-refractivity contribution in [3.63, 3.8) is 0 Å². The highest BCUT2D eigenvalue weighted by Gasteiger charge is 2.38. The Hall–Kier alpha value is -2.69. The van der Waals surface area contributed by atoms with Crippen LogP contribution >= 0.6 is 0 Å². The van der Waals surface area contributed by atoms with E-state index in [2.05, 4.69) is 0 Å². The van der Waals surface area contributed by atoms with Crippen LogP contribution in [0.2, 0.25) is 0 Å². The molecule has 2 rings (SSSR count). The van der Waals surface area contributed by atoms with Gasteiger partial charge >= 0.3 is 5.97 Å². The molecule has 0 saturated carbocycles. The smallest absolute Gasteiger partial charge is 0.317 e. The van der Waals surface area contributed by atoms with Crippen LogP contribution in [0.25, 0.3) is 0 Å². The normalized spacial score (nSPS) is 13.1. The number of hydrogen-bond donors (Lipinski definition) is 0. The van der Waals surface area contributed by atoms with E-state index in [0.29, 0.717) is 23.2 Å². The van der Waals surface area contributed by atoms with Gasteiger partial charge in [0.05, 0.1) is 24.4 Å². The molecule has 0 N–H and O–H groups in total. The summed E-state index contributed by atoms with van der Waals surface area (Å²) in [5.74, 6) is -2.45. The fourth-order valence-corrected chi connectivity index (χ4v) is 2.61. The molecule has 5 nitrogen and oxygen atoms in total. The summed E-state index contributed by atoms with van der Waals surface area (Å²) in [4.78, 5) is 35.7. The largest absolute Gasteiger partial charge is 0.468 e. The van der Waals surface area contributed by atoms with Gasteiger partial charge in [-0.3, -0.25) is 14.4 Å². The summed E-state index contributed by atoms with van der Waals surface area (Å²) in [6.07, 6.45) is 2.02. The minimum Gasteiger partial charge on any atom is -0.468 e. The van der Waals surface area contributed by atoms with Crippen LogP contribution in [-0.4, -0.2) is 24.6 Å². The van der Waals surface area contributed by atoms with Crippen molar-refractivity contribution in [2.45, 2.75) is 19.8 Å². The lowest BCUT2D eigenvalue weighted by atomic mass is 9.80. The Kier molecular flexibility index (Phi) is 5.46. The molecule has 2 unspecified atom stereocenters. The summed E-state index contributed by atoms with van der Waals surface area (Å²) in [6.45, 7) is 3.18. The Balaban J connectivity index is 2.58. The van der Waals surface area contributed by atoms with Gasteiger partial charge in [-0.1, -0.05) is 30.3 Å². The Labute approximate surface area is 134 Å². The third-order valence-corrected chi connectivity index (χ3v) is 3.61. The van der Waals surface area contributed by atoms with Crippen molar-refractivity contribution in [1.82, 2.24) is 0 Å². The fourth-order valence-electron chi connectivity index (χ4n) is 2.61. The second-order valence-corrected chi connectivity index (χ2v) is 5.09. The highest BCUT2D eigenvalue weighted by molar-refractivity contribution is 5.99. The Bertz CT molecular complexity index is 686. The van der Waals surface area contributed by atoms with Crippen LogP contribution < -0.4 is 0 Å². The lowest BCUT2D eigenvalue weighted by Gasteiger charge is -2.23. The molecule has 2 aromatic rings. The molecule has 23 heavy (non-hydrogen) atoms.